The Balaban J connectivity index is 0.00000256. The fraction of sp³-hybridized carbons (Fsp3) is 0.318. The van der Waals surface area contributed by atoms with Crippen molar-refractivity contribution in [2.24, 2.45) is 0 Å². The monoisotopic (exact) mass is 429 g/mol. The van der Waals surface area contributed by atoms with Crippen molar-refractivity contribution in [2.75, 3.05) is 27.2 Å². The van der Waals surface area contributed by atoms with Gasteiger partial charge in [0, 0.05) is 19.6 Å². The average Bonchev–Trinajstić information content (AvgIpc) is 3.37. The van der Waals surface area contributed by atoms with Gasteiger partial charge in [0.1, 0.15) is 5.75 Å². The number of ether oxygens (including phenoxy) is 1. The number of halogens is 1. The molecule has 0 bridgehead atoms. The highest BCUT2D eigenvalue weighted by molar-refractivity contribution is 6.21. The summed E-state index contributed by atoms with van der Waals surface area (Å²) >= 11 is 0. The van der Waals surface area contributed by atoms with Gasteiger partial charge in [0.05, 0.1) is 30.3 Å². The number of carbonyl (C=O) groups excluding carboxylic acids is 3. The molecule has 0 radical (unpaired) electrons. The fourth-order valence-electron chi connectivity index (χ4n) is 3.91. The normalized spacial score (nSPS) is 17.5. The smallest absolute Gasteiger partial charge is 0.261 e. The molecule has 1 fully saturated rings. The van der Waals surface area contributed by atoms with Gasteiger partial charge in [0.15, 0.2) is 0 Å². The molecule has 30 heavy (non-hydrogen) atoms. The van der Waals surface area contributed by atoms with Crippen molar-refractivity contribution >= 4 is 30.1 Å². The molecular formula is C22H24ClN3O4. The predicted octanol–water partition coefficient (Wildman–Crippen LogP) is 2.35. The molecule has 2 heterocycles. The van der Waals surface area contributed by atoms with E-state index in [1.165, 1.54) is 12.0 Å². The van der Waals surface area contributed by atoms with Crippen LogP contribution in [0.3, 0.4) is 0 Å². The van der Waals surface area contributed by atoms with Crippen molar-refractivity contribution in [3.8, 4) is 5.75 Å². The first-order valence-corrected chi connectivity index (χ1v) is 9.61. The van der Waals surface area contributed by atoms with Gasteiger partial charge in [0.25, 0.3) is 17.7 Å². The standard InChI is InChI=1S/C22H23N3O4.ClH/c1-24(15-9-10-23-12-15)20(26)18-11-14(7-8-19(18)29-2)13-25-21(27)16-5-3-4-6-17(16)22(25)28;/h3-8,11,15,23H,9-10,12-13H2,1-2H3;1H. The molecule has 8 heteroatoms. The number of likely N-dealkylation sites (N-methyl/N-ethyl adjacent to an activating group) is 1. The van der Waals surface area contributed by atoms with Crippen LogP contribution in [0.1, 0.15) is 43.1 Å². The molecule has 0 saturated carbocycles. The molecule has 158 valence electrons. The molecule has 4 rings (SSSR count). The molecule has 3 amide bonds. The van der Waals surface area contributed by atoms with Crippen LogP contribution in [0.2, 0.25) is 0 Å². The zero-order valence-corrected chi connectivity index (χ0v) is 17.7. The van der Waals surface area contributed by atoms with Crippen LogP contribution in [-0.4, -0.2) is 60.8 Å². The summed E-state index contributed by atoms with van der Waals surface area (Å²) in [5.74, 6) is -0.300. The van der Waals surface area contributed by atoms with Crippen LogP contribution in [-0.2, 0) is 6.54 Å². The first-order valence-electron chi connectivity index (χ1n) is 9.61. The summed E-state index contributed by atoms with van der Waals surface area (Å²) in [5, 5.41) is 3.26. The SMILES string of the molecule is COc1ccc(CN2C(=O)c3ccccc3C2=O)cc1C(=O)N(C)C1CCNC1.Cl. The maximum absolute atomic E-state index is 13.1. The molecule has 2 aromatic rings. The van der Waals surface area contributed by atoms with Gasteiger partial charge in [-0.05, 0) is 42.8 Å². The highest BCUT2D eigenvalue weighted by Gasteiger charge is 2.35. The van der Waals surface area contributed by atoms with E-state index in [9.17, 15) is 14.4 Å². The number of fused-ring (bicyclic) bond motifs is 1. The van der Waals surface area contributed by atoms with Gasteiger partial charge in [-0.15, -0.1) is 12.4 Å². The average molecular weight is 430 g/mol. The zero-order chi connectivity index (χ0) is 20.5. The fourth-order valence-corrected chi connectivity index (χ4v) is 3.91. The van der Waals surface area contributed by atoms with Crippen LogP contribution in [0, 0.1) is 0 Å². The summed E-state index contributed by atoms with van der Waals surface area (Å²) < 4.78 is 5.39. The largest absolute Gasteiger partial charge is 0.496 e. The molecule has 2 aliphatic heterocycles. The molecule has 1 N–H and O–H groups in total. The lowest BCUT2D eigenvalue weighted by atomic mass is 10.1. The molecule has 1 atom stereocenters. The number of carbonyl (C=O) groups is 3. The van der Waals surface area contributed by atoms with E-state index >= 15 is 0 Å². The van der Waals surface area contributed by atoms with Gasteiger partial charge in [-0.25, -0.2) is 0 Å². The molecule has 7 nitrogen and oxygen atoms in total. The topological polar surface area (TPSA) is 79.0 Å². The van der Waals surface area contributed by atoms with Crippen molar-refractivity contribution in [1.29, 1.82) is 0 Å². The summed E-state index contributed by atoms with van der Waals surface area (Å²) in [6, 6.07) is 12.1. The van der Waals surface area contributed by atoms with Gasteiger partial charge in [0.2, 0.25) is 0 Å². The molecule has 1 saturated heterocycles. The third-order valence-electron chi connectivity index (χ3n) is 5.62. The van der Waals surface area contributed by atoms with Crippen LogP contribution >= 0.6 is 12.4 Å². The minimum atomic E-state index is -0.316. The highest BCUT2D eigenvalue weighted by Crippen LogP contribution is 2.27. The molecule has 0 spiro atoms. The third-order valence-corrected chi connectivity index (χ3v) is 5.62. The number of benzene rings is 2. The maximum atomic E-state index is 13.1. The first-order chi connectivity index (χ1) is 14.0. The summed E-state index contributed by atoms with van der Waals surface area (Å²) in [7, 11) is 3.31. The second kappa shape index (κ2) is 8.85. The maximum Gasteiger partial charge on any atom is 0.261 e. The van der Waals surface area contributed by atoms with E-state index in [-0.39, 0.29) is 42.7 Å². The van der Waals surface area contributed by atoms with E-state index in [0.717, 1.165) is 19.5 Å². The summed E-state index contributed by atoms with van der Waals surface area (Å²) in [6.45, 7) is 1.75. The van der Waals surface area contributed by atoms with Crippen molar-refractivity contribution in [3.05, 3.63) is 64.7 Å². The van der Waals surface area contributed by atoms with Gasteiger partial charge in [-0.1, -0.05) is 18.2 Å². The van der Waals surface area contributed by atoms with Gasteiger partial charge >= 0.3 is 0 Å². The van der Waals surface area contributed by atoms with E-state index in [1.807, 2.05) is 0 Å². The lowest BCUT2D eigenvalue weighted by molar-refractivity contribution is 0.0642. The van der Waals surface area contributed by atoms with E-state index in [0.29, 0.717) is 28.0 Å². The molecule has 2 aliphatic rings. The quantitative estimate of drug-likeness (QED) is 0.738. The van der Waals surface area contributed by atoms with Crippen molar-refractivity contribution in [1.82, 2.24) is 15.1 Å². The van der Waals surface area contributed by atoms with Crippen LogP contribution in [0.4, 0.5) is 0 Å². The second-order valence-corrected chi connectivity index (χ2v) is 7.34. The third kappa shape index (κ3) is 3.78. The minimum absolute atomic E-state index is 0. The number of hydrogen-bond donors (Lipinski definition) is 1. The van der Waals surface area contributed by atoms with Crippen LogP contribution in [0.15, 0.2) is 42.5 Å². The lowest BCUT2D eigenvalue weighted by Crippen LogP contribution is -2.38. The number of rotatable bonds is 5. The Bertz CT molecular complexity index is 953. The molecule has 1 unspecified atom stereocenters. The Hall–Kier alpha value is -2.90. The number of methoxy groups -OCH3 is 1. The van der Waals surface area contributed by atoms with Gasteiger partial charge in [-0.3, -0.25) is 19.3 Å². The van der Waals surface area contributed by atoms with E-state index in [2.05, 4.69) is 5.32 Å². The van der Waals surface area contributed by atoms with Crippen LogP contribution < -0.4 is 10.1 Å². The van der Waals surface area contributed by atoms with E-state index in [4.69, 9.17) is 4.74 Å². The van der Waals surface area contributed by atoms with Crippen molar-refractivity contribution in [2.45, 2.75) is 19.0 Å². The Morgan fingerprint density at radius 2 is 1.83 bits per heavy atom. The molecule has 2 aromatic carbocycles. The van der Waals surface area contributed by atoms with Crippen LogP contribution in [0.25, 0.3) is 0 Å². The number of amides is 3. The minimum Gasteiger partial charge on any atom is -0.496 e. The highest BCUT2D eigenvalue weighted by atomic mass is 35.5. The van der Waals surface area contributed by atoms with Crippen molar-refractivity contribution in [3.63, 3.8) is 0 Å². The zero-order valence-electron chi connectivity index (χ0n) is 16.9. The van der Waals surface area contributed by atoms with E-state index in [1.54, 1.807) is 54.4 Å². The summed E-state index contributed by atoms with van der Waals surface area (Å²) in [5.41, 5.74) is 1.95. The lowest BCUT2D eigenvalue weighted by Gasteiger charge is -2.25. The molecule has 0 aromatic heterocycles. The number of nitrogens with one attached hydrogen (secondary N) is 1. The van der Waals surface area contributed by atoms with Crippen LogP contribution in [0.5, 0.6) is 5.75 Å². The molecular weight excluding hydrogens is 406 g/mol. The van der Waals surface area contributed by atoms with Gasteiger partial charge in [-0.2, -0.15) is 0 Å². The molecule has 0 aliphatic carbocycles. The Morgan fingerprint density at radius 1 is 1.17 bits per heavy atom. The van der Waals surface area contributed by atoms with Crippen molar-refractivity contribution < 1.29 is 19.1 Å². The predicted molar refractivity (Wildman–Crippen MR) is 114 cm³/mol. The number of hydrogen-bond acceptors (Lipinski definition) is 5. The second-order valence-electron chi connectivity index (χ2n) is 7.34. The van der Waals surface area contributed by atoms with E-state index < -0.39 is 0 Å². The Morgan fingerprint density at radius 3 is 2.40 bits per heavy atom. The first kappa shape index (κ1) is 21.8. The summed E-state index contributed by atoms with van der Waals surface area (Å²) in [6.07, 6.45) is 0.902. The number of nitrogens with zero attached hydrogens (tertiary/aromatic N) is 2. The summed E-state index contributed by atoms with van der Waals surface area (Å²) in [4.78, 5) is 41.3. The van der Waals surface area contributed by atoms with Gasteiger partial charge < -0.3 is 15.0 Å². The Kier molecular flexibility index (Phi) is 6.43. The number of imide groups is 1. The Labute approximate surface area is 181 Å².